The van der Waals surface area contributed by atoms with E-state index >= 15 is 0 Å². The Balaban J connectivity index is 1.41. The number of unbranched alkanes of at least 4 members (excludes halogenated alkanes) is 3. The van der Waals surface area contributed by atoms with E-state index in [1.165, 1.54) is 12.1 Å². The zero-order valence-corrected chi connectivity index (χ0v) is 21.9. The topological polar surface area (TPSA) is 111 Å². The van der Waals surface area contributed by atoms with E-state index in [1.807, 2.05) is 36.4 Å². The lowest BCUT2D eigenvalue weighted by molar-refractivity contribution is -0.384. The maximum absolute atomic E-state index is 11.3. The highest BCUT2D eigenvalue weighted by Gasteiger charge is 2.04. The number of nitrogens with zero attached hydrogens (tertiary/aromatic N) is 2. The summed E-state index contributed by atoms with van der Waals surface area (Å²) < 4.78 is 10.8. The van der Waals surface area contributed by atoms with Crippen molar-refractivity contribution in [1.82, 2.24) is 0 Å². The van der Waals surface area contributed by atoms with Crippen LogP contribution < -0.4 is 4.74 Å². The normalized spacial score (nSPS) is 11.1. The van der Waals surface area contributed by atoms with E-state index in [2.05, 4.69) is 11.6 Å². The lowest BCUT2D eigenvalue weighted by Gasteiger charge is -2.08. The second kappa shape index (κ2) is 14.9. The molecule has 0 radical (unpaired) electrons. The first-order chi connectivity index (χ1) is 18.8. The van der Waals surface area contributed by atoms with Crippen molar-refractivity contribution >= 4 is 35.7 Å². The van der Waals surface area contributed by atoms with Crippen molar-refractivity contribution in [1.29, 1.82) is 0 Å². The van der Waals surface area contributed by atoms with Crippen LogP contribution in [0.4, 0.5) is 11.4 Å². The van der Waals surface area contributed by atoms with Crippen molar-refractivity contribution in [3.05, 3.63) is 106 Å². The predicted molar refractivity (Wildman–Crippen MR) is 154 cm³/mol. The highest BCUT2D eigenvalue weighted by molar-refractivity contribution is 5.87. The molecule has 0 heterocycles. The van der Waals surface area contributed by atoms with E-state index in [9.17, 15) is 20.0 Å². The van der Waals surface area contributed by atoms with E-state index in [-0.39, 0.29) is 17.4 Å². The average molecular weight is 529 g/mol. The Morgan fingerprint density at radius 3 is 2.15 bits per heavy atom. The number of nitro groups is 1. The van der Waals surface area contributed by atoms with Crippen LogP contribution >= 0.6 is 0 Å². The standard InChI is InChI=1S/C31H32N2O6/c1-23(2)31(35)39-20-6-4-3-5-19-38-29-18-13-26(30(34)21-29)22-32-27-14-9-24(10-15-27)7-8-25-11-16-28(17-12-25)33(36)37/h7-18,21-22,34H,1,3-6,19-20H2,2H3/b8-7+,32-22?. The summed E-state index contributed by atoms with van der Waals surface area (Å²) in [6, 6.07) is 19.0. The lowest BCUT2D eigenvalue weighted by Crippen LogP contribution is -2.06. The lowest BCUT2D eigenvalue weighted by atomic mass is 10.1. The molecule has 0 aromatic heterocycles. The van der Waals surface area contributed by atoms with Gasteiger partial charge in [-0.25, -0.2) is 4.79 Å². The second-order valence-electron chi connectivity index (χ2n) is 8.93. The number of rotatable bonds is 14. The molecule has 0 atom stereocenters. The first-order valence-corrected chi connectivity index (χ1v) is 12.7. The number of aliphatic imine (C=N–C) groups is 1. The van der Waals surface area contributed by atoms with Crippen molar-refractivity contribution < 1.29 is 24.3 Å². The van der Waals surface area contributed by atoms with E-state index in [4.69, 9.17) is 9.47 Å². The van der Waals surface area contributed by atoms with Crippen LogP contribution in [-0.4, -0.2) is 35.4 Å². The van der Waals surface area contributed by atoms with Gasteiger partial charge in [0.1, 0.15) is 11.5 Å². The average Bonchev–Trinajstić information content (AvgIpc) is 2.93. The maximum atomic E-state index is 11.3. The molecule has 8 heteroatoms. The molecule has 0 spiro atoms. The zero-order valence-electron chi connectivity index (χ0n) is 21.9. The monoisotopic (exact) mass is 528 g/mol. The molecule has 202 valence electrons. The Kier molecular flexibility index (Phi) is 11.0. The van der Waals surface area contributed by atoms with E-state index in [0.717, 1.165) is 42.5 Å². The number of nitro benzene ring substituents is 1. The van der Waals surface area contributed by atoms with Crippen LogP contribution in [0.1, 0.15) is 49.3 Å². The molecule has 0 saturated carbocycles. The van der Waals surface area contributed by atoms with Crippen LogP contribution in [0.15, 0.2) is 83.9 Å². The van der Waals surface area contributed by atoms with Gasteiger partial charge in [-0.2, -0.15) is 0 Å². The van der Waals surface area contributed by atoms with Crippen LogP contribution in [0.25, 0.3) is 12.2 Å². The Labute approximate surface area is 228 Å². The summed E-state index contributed by atoms with van der Waals surface area (Å²) in [7, 11) is 0. The van der Waals surface area contributed by atoms with Crippen LogP contribution in [0, 0.1) is 10.1 Å². The molecule has 0 aliphatic heterocycles. The molecule has 0 saturated heterocycles. The molecule has 1 N–H and O–H groups in total. The highest BCUT2D eigenvalue weighted by Crippen LogP contribution is 2.24. The summed E-state index contributed by atoms with van der Waals surface area (Å²) in [5, 5.41) is 21.1. The summed E-state index contributed by atoms with van der Waals surface area (Å²) in [4.78, 5) is 26.1. The summed E-state index contributed by atoms with van der Waals surface area (Å²) >= 11 is 0. The van der Waals surface area contributed by atoms with Gasteiger partial charge in [0.2, 0.25) is 0 Å². The van der Waals surface area contributed by atoms with Gasteiger partial charge in [-0.1, -0.05) is 30.9 Å². The minimum Gasteiger partial charge on any atom is -0.507 e. The molecule has 3 rings (SSSR count). The fourth-order valence-corrected chi connectivity index (χ4v) is 3.47. The predicted octanol–water partition coefficient (Wildman–Crippen LogP) is 7.28. The van der Waals surface area contributed by atoms with Crippen LogP contribution in [0.2, 0.25) is 0 Å². The first-order valence-electron chi connectivity index (χ1n) is 12.7. The number of esters is 1. The smallest absolute Gasteiger partial charge is 0.333 e. The molecule has 39 heavy (non-hydrogen) atoms. The molecule has 0 aliphatic rings. The molecule has 3 aromatic rings. The van der Waals surface area contributed by atoms with Crippen LogP contribution in [-0.2, 0) is 9.53 Å². The molecule has 0 unspecified atom stereocenters. The Bertz CT molecular complexity index is 1330. The molecular weight excluding hydrogens is 496 g/mol. The minimum atomic E-state index is -0.421. The van der Waals surface area contributed by atoms with Crippen molar-refractivity contribution in [2.75, 3.05) is 13.2 Å². The van der Waals surface area contributed by atoms with Gasteiger partial charge in [0.25, 0.3) is 5.69 Å². The van der Waals surface area contributed by atoms with Crippen molar-refractivity contribution in [3.8, 4) is 11.5 Å². The van der Waals surface area contributed by atoms with Crippen molar-refractivity contribution in [2.45, 2.75) is 32.6 Å². The maximum Gasteiger partial charge on any atom is 0.333 e. The molecule has 0 aliphatic carbocycles. The third-order valence-corrected chi connectivity index (χ3v) is 5.71. The van der Waals surface area contributed by atoms with Crippen molar-refractivity contribution in [2.24, 2.45) is 4.99 Å². The third-order valence-electron chi connectivity index (χ3n) is 5.71. The fraction of sp³-hybridized carbons (Fsp3) is 0.226. The third kappa shape index (κ3) is 9.92. The van der Waals surface area contributed by atoms with Gasteiger partial charge in [-0.3, -0.25) is 15.1 Å². The number of phenols is 1. The number of aromatic hydroxyl groups is 1. The fourth-order valence-electron chi connectivity index (χ4n) is 3.47. The van der Waals surface area contributed by atoms with Crippen LogP contribution in [0.3, 0.4) is 0 Å². The number of hydrogen-bond acceptors (Lipinski definition) is 7. The summed E-state index contributed by atoms with van der Waals surface area (Å²) in [5.74, 6) is 0.318. The van der Waals surface area contributed by atoms with Crippen LogP contribution in [0.5, 0.6) is 11.5 Å². The number of carbonyl (C=O) groups is 1. The van der Waals surface area contributed by atoms with Gasteiger partial charge in [-0.05, 0) is 80.1 Å². The number of carbonyl (C=O) groups excluding carboxylic acids is 1. The number of phenolic OH excluding ortho intramolecular Hbond substituents is 1. The van der Waals surface area contributed by atoms with Gasteiger partial charge < -0.3 is 14.6 Å². The SMILES string of the molecule is C=C(C)C(=O)OCCCCCCOc1ccc(C=Nc2ccc(/C=C/c3ccc([N+](=O)[O-])cc3)cc2)c(O)c1. The molecule has 0 bridgehead atoms. The molecule has 3 aromatic carbocycles. The Morgan fingerprint density at radius 1 is 0.949 bits per heavy atom. The van der Waals surface area contributed by atoms with Gasteiger partial charge in [0, 0.05) is 35.6 Å². The highest BCUT2D eigenvalue weighted by atomic mass is 16.6. The molecule has 0 amide bonds. The van der Waals surface area contributed by atoms with Crippen molar-refractivity contribution in [3.63, 3.8) is 0 Å². The van der Waals surface area contributed by atoms with E-state index < -0.39 is 4.92 Å². The number of ether oxygens (including phenoxy) is 2. The quantitative estimate of drug-likeness (QED) is 0.0448. The Morgan fingerprint density at radius 2 is 1.56 bits per heavy atom. The van der Waals surface area contributed by atoms with E-state index in [1.54, 1.807) is 43.5 Å². The molecular formula is C31H32N2O6. The Hall–Kier alpha value is -4.72. The minimum absolute atomic E-state index is 0.0616. The number of non-ortho nitro benzene ring substituents is 1. The summed E-state index contributed by atoms with van der Waals surface area (Å²) in [6.45, 7) is 6.11. The first kappa shape index (κ1) is 28.8. The van der Waals surface area contributed by atoms with Gasteiger partial charge >= 0.3 is 5.97 Å². The van der Waals surface area contributed by atoms with Gasteiger partial charge in [0.15, 0.2) is 0 Å². The second-order valence-corrected chi connectivity index (χ2v) is 8.93. The number of benzene rings is 3. The largest absolute Gasteiger partial charge is 0.507 e. The zero-order chi connectivity index (χ0) is 28.0. The van der Waals surface area contributed by atoms with Gasteiger partial charge in [-0.15, -0.1) is 0 Å². The summed E-state index contributed by atoms with van der Waals surface area (Å²) in [5.41, 5.74) is 3.61. The molecule has 0 fully saturated rings. The number of hydrogen-bond donors (Lipinski definition) is 1. The van der Waals surface area contributed by atoms with Gasteiger partial charge in [0.05, 0.1) is 23.8 Å². The molecule has 8 nitrogen and oxygen atoms in total. The summed E-state index contributed by atoms with van der Waals surface area (Å²) in [6.07, 6.45) is 8.95. The van der Waals surface area contributed by atoms with E-state index in [0.29, 0.717) is 30.1 Å².